The van der Waals surface area contributed by atoms with Gasteiger partial charge < -0.3 is 4.74 Å². The van der Waals surface area contributed by atoms with Gasteiger partial charge in [0.15, 0.2) is 0 Å². The molecule has 104 valence electrons. The molecule has 0 aliphatic rings. The molecule has 3 aromatic rings. The fraction of sp³-hybridized carbons (Fsp3) is 0.0556. The first-order valence-electron chi connectivity index (χ1n) is 6.63. The Bertz CT molecular complexity index is 773. The zero-order valence-corrected chi connectivity index (χ0v) is 12.8. The van der Waals surface area contributed by atoms with Crippen molar-refractivity contribution in [3.63, 3.8) is 0 Å². The van der Waals surface area contributed by atoms with Crippen LogP contribution >= 0.6 is 15.9 Å². The van der Waals surface area contributed by atoms with Crippen LogP contribution in [0.1, 0.15) is 15.9 Å². The Kier molecular flexibility index (Phi) is 4.02. The van der Waals surface area contributed by atoms with E-state index in [0.717, 1.165) is 20.8 Å². The highest BCUT2D eigenvalue weighted by molar-refractivity contribution is 9.10. The van der Waals surface area contributed by atoms with Crippen molar-refractivity contribution in [3.05, 3.63) is 82.3 Å². The van der Waals surface area contributed by atoms with Gasteiger partial charge in [-0.25, -0.2) is 4.79 Å². The molecule has 0 aliphatic carbocycles. The topological polar surface area (TPSA) is 26.3 Å². The van der Waals surface area contributed by atoms with Crippen molar-refractivity contribution in [2.75, 3.05) is 0 Å². The molecule has 0 N–H and O–H groups in total. The zero-order valence-electron chi connectivity index (χ0n) is 11.3. The summed E-state index contributed by atoms with van der Waals surface area (Å²) in [5.74, 6) is -0.310. The molecule has 0 fully saturated rings. The Morgan fingerprint density at radius 1 is 0.905 bits per heavy atom. The summed E-state index contributed by atoms with van der Waals surface area (Å²) in [6.07, 6.45) is 0. The maximum absolute atomic E-state index is 12.0. The lowest BCUT2D eigenvalue weighted by atomic mass is 10.1. The molecule has 3 rings (SSSR count). The predicted octanol–water partition coefficient (Wildman–Crippen LogP) is 4.96. The average Bonchev–Trinajstić information content (AvgIpc) is 2.53. The van der Waals surface area contributed by atoms with Crippen LogP contribution in [0, 0.1) is 0 Å². The van der Waals surface area contributed by atoms with Crippen molar-refractivity contribution in [2.45, 2.75) is 6.61 Å². The number of carbonyl (C=O) groups is 1. The highest BCUT2D eigenvalue weighted by Crippen LogP contribution is 2.20. The van der Waals surface area contributed by atoms with Crippen molar-refractivity contribution < 1.29 is 9.53 Å². The number of carbonyl (C=O) groups excluding carboxylic acids is 1. The minimum absolute atomic E-state index is 0.274. The van der Waals surface area contributed by atoms with Gasteiger partial charge in [0.25, 0.3) is 0 Å². The predicted molar refractivity (Wildman–Crippen MR) is 87.2 cm³/mol. The van der Waals surface area contributed by atoms with Crippen LogP contribution in [-0.2, 0) is 11.3 Å². The van der Waals surface area contributed by atoms with Crippen molar-refractivity contribution in [3.8, 4) is 0 Å². The zero-order chi connectivity index (χ0) is 14.7. The second kappa shape index (κ2) is 6.10. The smallest absolute Gasteiger partial charge is 0.338 e. The molecule has 0 heterocycles. The first-order valence-corrected chi connectivity index (χ1v) is 7.43. The van der Waals surface area contributed by atoms with Crippen LogP contribution in [0.2, 0.25) is 0 Å². The van der Waals surface area contributed by atoms with Gasteiger partial charge in [-0.05, 0) is 40.6 Å². The molecule has 0 bridgehead atoms. The lowest BCUT2D eigenvalue weighted by Gasteiger charge is -2.08. The van der Waals surface area contributed by atoms with E-state index in [2.05, 4.69) is 28.1 Å². The van der Waals surface area contributed by atoms with E-state index in [1.165, 1.54) is 0 Å². The molecule has 0 saturated heterocycles. The van der Waals surface area contributed by atoms with Crippen molar-refractivity contribution in [1.29, 1.82) is 0 Å². The van der Waals surface area contributed by atoms with Crippen LogP contribution in [0.5, 0.6) is 0 Å². The Morgan fingerprint density at radius 3 is 2.43 bits per heavy atom. The molecule has 0 unspecified atom stereocenters. The number of fused-ring (bicyclic) bond motifs is 1. The van der Waals surface area contributed by atoms with Gasteiger partial charge in [-0.2, -0.15) is 0 Å². The minimum atomic E-state index is -0.310. The molecule has 0 radical (unpaired) electrons. The van der Waals surface area contributed by atoms with E-state index in [1.807, 2.05) is 42.5 Å². The normalized spacial score (nSPS) is 10.5. The van der Waals surface area contributed by atoms with Gasteiger partial charge in [-0.3, -0.25) is 0 Å². The second-order valence-electron chi connectivity index (χ2n) is 4.72. The van der Waals surface area contributed by atoms with E-state index >= 15 is 0 Å². The van der Waals surface area contributed by atoms with Gasteiger partial charge in [0, 0.05) is 4.47 Å². The molecule has 0 aliphatic heterocycles. The van der Waals surface area contributed by atoms with E-state index in [4.69, 9.17) is 4.74 Å². The summed E-state index contributed by atoms with van der Waals surface area (Å²) in [7, 11) is 0. The summed E-state index contributed by atoms with van der Waals surface area (Å²) in [5.41, 5.74) is 1.57. The van der Waals surface area contributed by atoms with Gasteiger partial charge in [0.1, 0.15) is 6.61 Å². The Labute approximate surface area is 131 Å². The van der Waals surface area contributed by atoms with Crippen molar-refractivity contribution in [2.24, 2.45) is 0 Å². The molecule has 0 atom stereocenters. The fourth-order valence-electron chi connectivity index (χ4n) is 2.23. The van der Waals surface area contributed by atoms with Crippen LogP contribution in [0.3, 0.4) is 0 Å². The molecule has 0 spiro atoms. The highest BCUT2D eigenvalue weighted by Gasteiger charge is 2.08. The number of rotatable bonds is 3. The summed E-state index contributed by atoms with van der Waals surface area (Å²) in [5, 5.41) is 2.26. The van der Waals surface area contributed by atoms with Gasteiger partial charge in [0.05, 0.1) is 5.56 Å². The fourth-order valence-corrected chi connectivity index (χ4v) is 2.50. The molecule has 3 aromatic carbocycles. The number of ether oxygens (including phenoxy) is 1. The van der Waals surface area contributed by atoms with Crippen molar-refractivity contribution >= 4 is 32.7 Å². The van der Waals surface area contributed by atoms with Crippen molar-refractivity contribution in [1.82, 2.24) is 0 Å². The first kappa shape index (κ1) is 13.8. The summed E-state index contributed by atoms with van der Waals surface area (Å²) < 4.78 is 6.35. The summed E-state index contributed by atoms with van der Waals surface area (Å²) in [4.78, 5) is 12.0. The third-order valence-corrected chi connectivity index (χ3v) is 3.85. The van der Waals surface area contributed by atoms with Crippen LogP contribution < -0.4 is 0 Å². The minimum Gasteiger partial charge on any atom is -0.457 e. The molecule has 2 nitrogen and oxygen atoms in total. The maximum Gasteiger partial charge on any atom is 0.338 e. The lowest BCUT2D eigenvalue weighted by Crippen LogP contribution is -2.05. The molecular formula is C18H13BrO2. The number of hydrogen-bond donors (Lipinski definition) is 0. The summed E-state index contributed by atoms with van der Waals surface area (Å²) in [6, 6.07) is 21.2. The van der Waals surface area contributed by atoms with Gasteiger partial charge in [-0.15, -0.1) is 0 Å². The number of benzene rings is 3. The molecular weight excluding hydrogens is 328 g/mol. The van der Waals surface area contributed by atoms with Crippen LogP contribution in [-0.4, -0.2) is 5.97 Å². The van der Waals surface area contributed by atoms with E-state index in [0.29, 0.717) is 5.56 Å². The Balaban J connectivity index is 1.77. The number of esters is 1. The molecule has 3 heteroatoms. The molecule has 0 aromatic heterocycles. The van der Waals surface area contributed by atoms with Gasteiger partial charge in [-0.1, -0.05) is 58.4 Å². The SMILES string of the molecule is O=C(OCc1cccc2ccccc12)c1ccc(Br)cc1. The molecule has 0 saturated carbocycles. The van der Waals surface area contributed by atoms with Gasteiger partial charge >= 0.3 is 5.97 Å². The van der Waals surface area contributed by atoms with E-state index < -0.39 is 0 Å². The summed E-state index contributed by atoms with van der Waals surface area (Å²) >= 11 is 3.35. The summed E-state index contributed by atoms with van der Waals surface area (Å²) in [6.45, 7) is 0.274. The van der Waals surface area contributed by atoms with E-state index in [9.17, 15) is 4.79 Å². The van der Waals surface area contributed by atoms with Crippen LogP contribution in [0.15, 0.2) is 71.2 Å². The monoisotopic (exact) mass is 340 g/mol. The third-order valence-electron chi connectivity index (χ3n) is 3.32. The van der Waals surface area contributed by atoms with Crippen LogP contribution in [0.25, 0.3) is 10.8 Å². The molecule has 0 amide bonds. The quantitative estimate of drug-likeness (QED) is 0.630. The Hall–Kier alpha value is -2.13. The maximum atomic E-state index is 12.0. The lowest BCUT2D eigenvalue weighted by molar-refractivity contribution is 0.0474. The largest absolute Gasteiger partial charge is 0.457 e. The number of halogens is 1. The average molecular weight is 341 g/mol. The second-order valence-corrected chi connectivity index (χ2v) is 5.64. The van der Waals surface area contributed by atoms with Crippen LogP contribution in [0.4, 0.5) is 0 Å². The van der Waals surface area contributed by atoms with Gasteiger partial charge in [0.2, 0.25) is 0 Å². The Morgan fingerprint density at radius 2 is 1.62 bits per heavy atom. The van der Waals surface area contributed by atoms with E-state index in [1.54, 1.807) is 12.1 Å². The number of hydrogen-bond acceptors (Lipinski definition) is 2. The van der Waals surface area contributed by atoms with E-state index in [-0.39, 0.29) is 12.6 Å². The first-order chi connectivity index (χ1) is 10.2. The highest BCUT2D eigenvalue weighted by atomic mass is 79.9. The standard InChI is InChI=1S/C18H13BrO2/c19-16-10-8-14(9-11-16)18(20)21-12-15-6-3-5-13-4-1-2-7-17(13)15/h1-11H,12H2. The third kappa shape index (κ3) is 3.14. The molecule has 21 heavy (non-hydrogen) atoms.